The molecule has 90 valence electrons. The van der Waals surface area contributed by atoms with Crippen LogP contribution >= 0.6 is 0 Å². The molecule has 0 spiro atoms. The van der Waals surface area contributed by atoms with Crippen molar-refractivity contribution >= 4 is 5.91 Å². The monoisotopic (exact) mass is 229 g/mol. The molecule has 3 atom stereocenters. The third-order valence-electron chi connectivity index (χ3n) is 4.33. The van der Waals surface area contributed by atoms with Gasteiger partial charge in [0.15, 0.2) is 0 Å². The molecule has 0 aromatic heterocycles. The summed E-state index contributed by atoms with van der Waals surface area (Å²) in [6.07, 6.45) is 5.21. The van der Waals surface area contributed by atoms with Gasteiger partial charge in [0.05, 0.1) is 0 Å². The molecule has 0 saturated heterocycles. The normalized spacial score (nSPS) is 30.5. The Labute approximate surface area is 102 Å². The summed E-state index contributed by atoms with van der Waals surface area (Å²) in [5.74, 6) is 1.72. The Kier molecular flexibility index (Phi) is 2.65. The first-order chi connectivity index (χ1) is 8.22. The number of amides is 1. The van der Waals surface area contributed by atoms with Crippen molar-refractivity contribution in [2.24, 2.45) is 11.8 Å². The van der Waals surface area contributed by atoms with E-state index in [1.165, 1.54) is 25.7 Å². The molecular weight excluding hydrogens is 210 g/mol. The Morgan fingerprint density at radius 3 is 2.82 bits per heavy atom. The van der Waals surface area contributed by atoms with Crippen molar-refractivity contribution in [1.29, 1.82) is 0 Å². The molecule has 0 unspecified atom stereocenters. The number of hydrogen-bond donors (Lipinski definition) is 1. The van der Waals surface area contributed by atoms with Crippen LogP contribution in [-0.2, 0) is 0 Å². The molecule has 2 nitrogen and oxygen atoms in total. The molecule has 0 radical (unpaired) electrons. The van der Waals surface area contributed by atoms with Crippen molar-refractivity contribution in [3.63, 3.8) is 0 Å². The Morgan fingerprint density at radius 1 is 1.29 bits per heavy atom. The zero-order chi connectivity index (χ0) is 11.8. The average molecular weight is 229 g/mol. The predicted octanol–water partition coefficient (Wildman–Crippen LogP) is 2.91. The molecule has 1 N–H and O–H groups in total. The highest BCUT2D eigenvalue weighted by Crippen LogP contribution is 2.44. The predicted molar refractivity (Wildman–Crippen MR) is 67.9 cm³/mol. The van der Waals surface area contributed by atoms with E-state index < -0.39 is 0 Å². The van der Waals surface area contributed by atoms with Gasteiger partial charge in [-0.15, -0.1) is 0 Å². The Bertz CT molecular complexity index is 440. The van der Waals surface area contributed by atoms with Gasteiger partial charge in [0.25, 0.3) is 5.91 Å². The zero-order valence-electron chi connectivity index (χ0n) is 10.3. The fourth-order valence-corrected chi connectivity index (χ4v) is 3.46. The summed E-state index contributed by atoms with van der Waals surface area (Å²) < 4.78 is 0. The summed E-state index contributed by atoms with van der Waals surface area (Å²) >= 11 is 0. The Hall–Kier alpha value is -1.31. The Morgan fingerprint density at radius 2 is 2.18 bits per heavy atom. The van der Waals surface area contributed by atoms with Gasteiger partial charge < -0.3 is 5.32 Å². The summed E-state index contributed by atoms with van der Waals surface area (Å²) in [6, 6.07) is 8.26. The molecular formula is C15H19NO. The first-order valence-electron chi connectivity index (χ1n) is 6.60. The average Bonchev–Trinajstić information content (AvgIpc) is 2.91. The minimum atomic E-state index is 0.103. The number of carbonyl (C=O) groups is 1. The summed E-state index contributed by atoms with van der Waals surface area (Å²) in [4.78, 5) is 12.1. The van der Waals surface area contributed by atoms with Gasteiger partial charge in [-0.2, -0.15) is 0 Å². The van der Waals surface area contributed by atoms with Crippen LogP contribution in [0.2, 0.25) is 0 Å². The van der Waals surface area contributed by atoms with Crippen molar-refractivity contribution in [2.75, 3.05) is 0 Å². The lowest BCUT2D eigenvalue weighted by Crippen LogP contribution is -2.38. The SMILES string of the molecule is Cc1cccc(C(=O)N[C@H]2C[C@H]3CC[C@H]2C3)c1. The summed E-state index contributed by atoms with van der Waals surface area (Å²) in [5.41, 5.74) is 1.94. The van der Waals surface area contributed by atoms with E-state index in [9.17, 15) is 4.79 Å². The second-order valence-electron chi connectivity index (χ2n) is 5.62. The van der Waals surface area contributed by atoms with Gasteiger partial charge in [0.1, 0.15) is 0 Å². The number of aryl methyl sites for hydroxylation is 1. The maximum absolute atomic E-state index is 12.1. The smallest absolute Gasteiger partial charge is 0.251 e. The summed E-state index contributed by atoms with van der Waals surface area (Å²) in [6.45, 7) is 2.02. The molecule has 0 aliphatic heterocycles. The van der Waals surface area contributed by atoms with Crippen LogP contribution in [0.4, 0.5) is 0 Å². The highest BCUT2D eigenvalue weighted by Gasteiger charge is 2.40. The minimum Gasteiger partial charge on any atom is -0.349 e. The van der Waals surface area contributed by atoms with Gasteiger partial charge in [0.2, 0.25) is 0 Å². The first kappa shape index (κ1) is 10.8. The van der Waals surface area contributed by atoms with E-state index in [4.69, 9.17) is 0 Å². The molecule has 2 aliphatic rings. The molecule has 1 aromatic rings. The second kappa shape index (κ2) is 4.17. The van der Waals surface area contributed by atoms with E-state index >= 15 is 0 Å². The van der Waals surface area contributed by atoms with Crippen molar-refractivity contribution in [1.82, 2.24) is 5.32 Å². The molecule has 2 fully saturated rings. The number of carbonyl (C=O) groups excluding carboxylic acids is 1. The van der Waals surface area contributed by atoms with Crippen LogP contribution in [0.1, 0.15) is 41.6 Å². The largest absolute Gasteiger partial charge is 0.349 e. The molecule has 2 bridgehead atoms. The number of rotatable bonds is 2. The third kappa shape index (κ3) is 2.08. The van der Waals surface area contributed by atoms with E-state index in [-0.39, 0.29) is 5.91 Å². The molecule has 3 rings (SSSR count). The number of benzene rings is 1. The molecule has 2 saturated carbocycles. The van der Waals surface area contributed by atoms with Gasteiger partial charge in [-0.3, -0.25) is 4.79 Å². The number of fused-ring (bicyclic) bond motifs is 2. The highest BCUT2D eigenvalue weighted by atomic mass is 16.1. The quantitative estimate of drug-likeness (QED) is 0.830. The van der Waals surface area contributed by atoms with Gasteiger partial charge in [-0.25, -0.2) is 0 Å². The summed E-state index contributed by atoms with van der Waals surface area (Å²) in [5, 5.41) is 3.21. The zero-order valence-corrected chi connectivity index (χ0v) is 10.3. The van der Waals surface area contributed by atoms with Crippen molar-refractivity contribution in [3.05, 3.63) is 35.4 Å². The number of hydrogen-bond acceptors (Lipinski definition) is 1. The van der Waals surface area contributed by atoms with Crippen LogP contribution in [0, 0.1) is 18.8 Å². The van der Waals surface area contributed by atoms with Crippen LogP contribution in [0.15, 0.2) is 24.3 Å². The van der Waals surface area contributed by atoms with Gasteiger partial charge in [-0.05, 0) is 50.2 Å². The van der Waals surface area contributed by atoms with Crippen LogP contribution in [0.5, 0.6) is 0 Å². The topological polar surface area (TPSA) is 29.1 Å². The molecule has 1 aromatic carbocycles. The van der Waals surface area contributed by atoms with E-state index in [1.54, 1.807) is 0 Å². The number of nitrogens with one attached hydrogen (secondary N) is 1. The maximum Gasteiger partial charge on any atom is 0.251 e. The van der Waals surface area contributed by atoms with Gasteiger partial charge in [-0.1, -0.05) is 24.1 Å². The second-order valence-corrected chi connectivity index (χ2v) is 5.62. The fourth-order valence-electron chi connectivity index (χ4n) is 3.46. The lowest BCUT2D eigenvalue weighted by atomic mass is 9.95. The van der Waals surface area contributed by atoms with E-state index in [1.807, 2.05) is 31.2 Å². The molecule has 2 heteroatoms. The van der Waals surface area contributed by atoms with Crippen LogP contribution in [-0.4, -0.2) is 11.9 Å². The molecule has 17 heavy (non-hydrogen) atoms. The van der Waals surface area contributed by atoms with Crippen LogP contribution < -0.4 is 5.32 Å². The van der Waals surface area contributed by atoms with Crippen molar-refractivity contribution in [2.45, 2.75) is 38.6 Å². The van der Waals surface area contributed by atoms with Gasteiger partial charge >= 0.3 is 0 Å². The fraction of sp³-hybridized carbons (Fsp3) is 0.533. The van der Waals surface area contributed by atoms with E-state index in [0.717, 1.165) is 23.0 Å². The van der Waals surface area contributed by atoms with Crippen LogP contribution in [0.3, 0.4) is 0 Å². The standard InChI is InChI=1S/C15H19NO/c1-10-3-2-4-13(7-10)15(17)16-14-9-11-5-6-12(14)8-11/h2-4,7,11-12,14H,5-6,8-9H2,1H3,(H,16,17)/t11-,12-,14-/m0/s1. The molecule has 0 heterocycles. The lowest BCUT2D eigenvalue weighted by molar-refractivity contribution is 0.0923. The third-order valence-corrected chi connectivity index (χ3v) is 4.33. The van der Waals surface area contributed by atoms with E-state index in [2.05, 4.69) is 5.32 Å². The van der Waals surface area contributed by atoms with E-state index in [0.29, 0.717) is 6.04 Å². The lowest BCUT2D eigenvalue weighted by Gasteiger charge is -2.22. The first-order valence-corrected chi connectivity index (χ1v) is 6.60. The highest BCUT2D eigenvalue weighted by molar-refractivity contribution is 5.94. The summed E-state index contributed by atoms with van der Waals surface area (Å²) in [7, 11) is 0. The van der Waals surface area contributed by atoms with Crippen molar-refractivity contribution < 1.29 is 4.79 Å². The molecule has 2 aliphatic carbocycles. The van der Waals surface area contributed by atoms with Crippen molar-refractivity contribution in [3.8, 4) is 0 Å². The molecule has 1 amide bonds. The maximum atomic E-state index is 12.1. The Balaban J connectivity index is 1.68. The van der Waals surface area contributed by atoms with Crippen LogP contribution in [0.25, 0.3) is 0 Å². The van der Waals surface area contributed by atoms with Gasteiger partial charge in [0, 0.05) is 11.6 Å². The minimum absolute atomic E-state index is 0.103.